The van der Waals surface area contributed by atoms with Crippen LogP contribution in [0, 0.1) is 0 Å². The molecule has 0 radical (unpaired) electrons. The highest BCUT2D eigenvalue weighted by molar-refractivity contribution is 5.95. The fraction of sp³-hybridized carbons (Fsp3) is 0.400. The number of aliphatic hydroxyl groups is 1. The molecule has 2 aromatic rings. The molecule has 0 saturated carbocycles. The molecule has 0 bridgehead atoms. The molecule has 21 heavy (non-hydrogen) atoms. The fourth-order valence-electron chi connectivity index (χ4n) is 2.00. The monoisotopic (exact) mass is 288 g/mol. The van der Waals surface area contributed by atoms with Gasteiger partial charge < -0.3 is 10.4 Å². The van der Waals surface area contributed by atoms with Crippen LogP contribution in [0.25, 0.3) is 11.4 Å². The van der Waals surface area contributed by atoms with Gasteiger partial charge >= 0.3 is 0 Å². The number of hydrogen-bond acceptors (Lipinski definition) is 4. The summed E-state index contributed by atoms with van der Waals surface area (Å²) in [6.07, 6.45) is 2.62. The third kappa shape index (κ3) is 3.66. The Balaban J connectivity index is 2.08. The molecule has 0 fully saturated rings. The van der Waals surface area contributed by atoms with Crippen LogP contribution >= 0.6 is 0 Å². The maximum absolute atomic E-state index is 12.2. The molecule has 2 rings (SSSR count). The number of benzene rings is 1. The van der Waals surface area contributed by atoms with Crippen LogP contribution in [0.4, 0.5) is 0 Å². The van der Waals surface area contributed by atoms with Crippen molar-refractivity contribution in [3.63, 3.8) is 0 Å². The van der Waals surface area contributed by atoms with Gasteiger partial charge in [-0.3, -0.25) is 9.89 Å². The summed E-state index contributed by atoms with van der Waals surface area (Å²) in [5, 5.41) is 19.5. The first-order valence-corrected chi connectivity index (χ1v) is 7.04. The van der Waals surface area contributed by atoms with Gasteiger partial charge in [-0.15, -0.1) is 0 Å². The second-order valence-electron chi connectivity index (χ2n) is 5.03. The number of H-pyrrole nitrogens is 1. The normalized spacial score (nSPS) is 11.4. The molecule has 1 aromatic carbocycles. The quantitative estimate of drug-likeness (QED) is 0.755. The van der Waals surface area contributed by atoms with Crippen LogP contribution in [0.2, 0.25) is 0 Å². The van der Waals surface area contributed by atoms with Crippen LogP contribution in [0.3, 0.4) is 0 Å². The van der Waals surface area contributed by atoms with E-state index in [-0.39, 0.29) is 12.5 Å². The number of aromatic nitrogens is 3. The molecular formula is C15H20N4O2. The molecule has 0 aliphatic rings. The summed E-state index contributed by atoms with van der Waals surface area (Å²) in [4.78, 5) is 16.2. The van der Waals surface area contributed by atoms with Crippen LogP contribution in [0.15, 0.2) is 30.6 Å². The minimum atomic E-state index is -0.849. The lowest BCUT2D eigenvalue weighted by atomic mass is 9.97. The summed E-state index contributed by atoms with van der Waals surface area (Å²) in [5.74, 6) is 0.403. The molecule has 0 aliphatic heterocycles. The van der Waals surface area contributed by atoms with Crippen LogP contribution in [0.1, 0.15) is 37.0 Å². The van der Waals surface area contributed by atoms with Crippen molar-refractivity contribution in [2.75, 3.05) is 6.54 Å². The Hall–Kier alpha value is -2.21. The predicted molar refractivity (Wildman–Crippen MR) is 79.7 cm³/mol. The summed E-state index contributed by atoms with van der Waals surface area (Å²) in [6, 6.07) is 7.11. The molecule has 0 spiro atoms. The van der Waals surface area contributed by atoms with Gasteiger partial charge in [0.2, 0.25) is 0 Å². The lowest BCUT2D eigenvalue weighted by molar-refractivity contribution is 0.0314. The summed E-state index contributed by atoms with van der Waals surface area (Å²) >= 11 is 0. The molecule has 112 valence electrons. The highest BCUT2D eigenvalue weighted by Crippen LogP contribution is 2.16. The van der Waals surface area contributed by atoms with Crippen molar-refractivity contribution in [3.05, 3.63) is 36.2 Å². The zero-order valence-corrected chi connectivity index (χ0v) is 12.3. The highest BCUT2D eigenvalue weighted by Gasteiger charge is 2.23. The molecular weight excluding hydrogens is 268 g/mol. The first kappa shape index (κ1) is 15.2. The average molecular weight is 288 g/mol. The summed E-state index contributed by atoms with van der Waals surface area (Å²) in [6.45, 7) is 4.05. The number of hydrogen-bond donors (Lipinski definition) is 3. The van der Waals surface area contributed by atoms with Gasteiger partial charge in [0, 0.05) is 17.7 Å². The van der Waals surface area contributed by atoms with Crippen molar-refractivity contribution >= 4 is 5.91 Å². The maximum atomic E-state index is 12.2. The zero-order chi connectivity index (χ0) is 15.3. The highest BCUT2D eigenvalue weighted by atomic mass is 16.3. The number of carbonyl (C=O) groups is 1. The van der Waals surface area contributed by atoms with Crippen LogP contribution < -0.4 is 5.32 Å². The smallest absolute Gasteiger partial charge is 0.251 e. The second-order valence-corrected chi connectivity index (χ2v) is 5.03. The van der Waals surface area contributed by atoms with E-state index < -0.39 is 5.60 Å². The number of rotatable bonds is 6. The van der Waals surface area contributed by atoms with Gasteiger partial charge in [-0.25, -0.2) is 4.98 Å². The summed E-state index contributed by atoms with van der Waals surface area (Å²) in [7, 11) is 0. The number of nitrogens with zero attached hydrogens (tertiary/aromatic N) is 2. The van der Waals surface area contributed by atoms with Crippen molar-refractivity contribution in [1.29, 1.82) is 0 Å². The van der Waals surface area contributed by atoms with E-state index in [4.69, 9.17) is 0 Å². The summed E-state index contributed by atoms with van der Waals surface area (Å²) < 4.78 is 0. The maximum Gasteiger partial charge on any atom is 0.251 e. The Kier molecular flexibility index (Phi) is 4.70. The van der Waals surface area contributed by atoms with Gasteiger partial charge in [-0.1, -0.05) is 26.0 Å². The second kappa shape index (κ2) is 6.49. The molecule has 1 aromatic heterocycles. The van der Waals surface area contributed by atoms with Crippen LogP contribution in [0.5, 0.6) is 0 Å². The number of aromatic amines is 1. The van der Waals surface area contributed by atoms with E-state index in [0.29, 0.717) is 24.2 Å². The largest absolute Gasteiger partial charge is 0.388 e. The SMILES string of the molecule is CCC(O)(CC)CNC(=O)c1cccc(-c2ncn[nH]2)c1. The summed E-state index contributed by atoms with van der Waals surface area (Å²) in [5.41, 5.74) is 0.470. The minimum absolute atomic E-state index is 0.211. The number of carbonyl (C=O) groups excluding carboxylic acids is 1. The van der Waals surface area contributed by atoms with Crippen molar-refractivity contribution in [2.24, 2.45) is 0 Å². The first-order chi connectivity index (χ1) is 10.1. The topological polar surface area (TPSA) is 90.9 Å². The lowest BCUT2D eigenvalue weighted by Crippen LogP contribution is -2.42. The van der Waals surface area contributed by atoms with Gasteiger partial charge in [-0.05, 0) is 25.0 Å². The molecule has 6 heteroatoms. The van der Waals surface area contributed by atoms with E-state index in [1.165, 1.54) is 6.33 Å². The first-order valence-electron chi connectivity index (χ1n) is 7.04. The van der Waals surface area contributed by atoms with E-state index >= 15 is 0 Å². The zero-order valence-electron chi connectivity index (χ0n) is 12.3. The Labute approximate surface area is 123 Å². The molecule has 0 aliphatic carbocycles. The van der Waals surface area contributed by atoms with Crippen molar-refractivity contribution in [2.45, 2.75) is 32.3 Å². The molecule has 0 saturated heterocycles. The van der Waals surface area contributed by atoms with E-state index in [9.17, 15) is 9.90 Å². The Morgan fingerprint density at radius 3 is 2.76 bits per heavy atom. The molecule has 0 atom stereocenters. The number of nitrogens with one attached hydrogen (secondary N) is 2. The molecule has 1 amide bonds. The third-order valence-corrected chi connectivity index (χ3v) is 3.71. The fourth-order valence-corrected chi connectivity index (χ4v) is 2.00. The molecule has 0 unspecified atom stereocenters. The van der Waals surface area contributed by atoms with Gasteiger partial charge in [0.1, 0.15) is 6.33 Å². The van der Waals surface area contributed by atoms with E-state index in [1.54, 1.807) is 18.2 Å². The number of amides is 1. The van der Waals surface area contributed by atoms with Gasteiger partial charge in [0.15, 0.2) is 5.82 Å². The average Bonchev–Trinajstić information content (AvgIpc) is 3.07. The molecule has 1 heterocycles. The standard InChI is InChI=1S/C15H20N4O2/c1-3-15(21,4-2)9-16-14(20)12-7-5-6-11(8-12)13-17-10-18-19-13/h5-8,10,21H,3-4,9H2,1-2H3,(H,16,20)(H,17,18,19). The van der Waals surface area contributed by atoms with Gasteiger partial charge in [0.05, 0.1) is 5.60 Å². The molecule has 6 nitrogen and oxygen atoms in total. The Morgan fingerprint density at radius 1 is 1.38 bits per heavy atom. The van der Waals surface area contributed by atoms with Gasteiger partial charge in [-0.2, -0.15) is 5.10 Å². The van der Waals surface area contributed by atoms with E-state index in [2.05, 4.69) is 20.5 Å². The lowest BCUT2D eigenvalue weighted by Gasteiger charge is -2.25. The van der Waals surface area contributed by atoms with Crippen molar-refractivity contribution < 1.29 is 9.90 Å². The minimum Gasteiger partial charge on any atom is -0.388 e. The van der Waals surface area contributed by atoms with Crippen LogP contribution in [-0.2, 0) is 0 Å². The van der Waals surface area contributed by atoms with Crippen molar-refractivity contribution in [1.82, 2.24) is 20.5 Å². The Bertz CT molecular complexity index is 591. The predicted octanol–water partition coefficient (Wildman–Crippen LogP) is 1.75. The molecule has 3 N–H and O–H groups in total. The van der Waals surface area contributed by atoms with Crippen LogP contribution in [-0.4, -0.2) is 38.3 Å². The Morgan fingerprint density at radius 2 is 2.14 bits per heavy atom. The van der Waals surface area contributed by atoms with Crippen molar-refractivity contribution in [3.8, 4) is 11.4 Å². The third-order valence-electron chi connectivity index (χ3n) is 3.71. The van der Waals surface area contributed by atoms with E-state index in [1.807, 2.05) is 19.9 Å². The van der Waals surface area contributed by atoms with Gasteiger partial charge in [0.25, 0.3) is 5.91 Å². The van der Waals surface area contributed by atoms with E-state index in [0.717, 1.165) is 5.56 Å².